The first-order valence-electron chi connectivity index (χ1n) is 8.56. The van der Waals surface area contributed by atoms with E-state index in [2.05, 4.69) is 15.6 Å². The van der Waals surface area contributed by atoms with Crippen molar-refractivity contribution in [2.45, 2.75) is 45.8 Å². The molecule has 0 bridgehead atoms. The van der Waals surface area contributed by atoms with Crippen LogP contribution in [0.5, 0.6) is 0 Å². The summed E-state index contributed by atoms with van der Waals surface area (Å²) in [6, 6.07) is 0. The van der Waals surface area contributed by atoms with Crippen LogP contribution in [-0.4, -0.2) is 69.4 Å². The van der Waals surface area contributed by atoms with Crippen LogP contribution < -0.4 is 10.6 Å². The predicted molar refractivity (Wildman–Crippen MR) is 107 cm³/mol. The van der Waals surface area contributed by atoms with Crippen LogP contribution >= 0.6 is 24.0 Å². The summed E-state index contributed by atoms with van der Waals surface area (Å²) in [6.45, 7) is 8.63. The van der Waals surface area contributed by atoms with E-state index in [1.54, 1.807) is 4.31 Å². The van der Waals surface area contributed by atoms with Crippen LogP contribution in [0, 0.1) is 5.92 Å². The van der Waals surface area contributed by atoms with Gasteiger partial charge in [0.25, 0.3) is 0 Å². The summed E-state index contributed by atoms with van der Waals surface area (Å²) in [5.74, 6) is 1.49. The van der Waals surface area contributed by atoms with Crippen LogP contribution in [0.1, 0.15) is 33.6 Å². The molecule has 0 aromatic heterocycles. The fourth-order valence-corrected chi connectivity index (χ4v) is 4.14. The van der Waals surface area contributed by atoms with E-state index in [1.165, 1.54) is 12.8 Å². The number of ether oxygens (including phenoxy) is 1. The van der Waals surface area contributed by atoms with Crippen molar-refractivity contribution in [2.75, 3.05) is 38.5 Å². The molecule has 7 nitrogen and oxygen atoms in total. The molecule has 9 heteroatoms. The molecule has 0 aromatic carbocycles. The summed E-state index contributed by atoms with van der Waals surface area (Å²) in [5, 5.41) is 6.28. The Labute approximate surface area is 163 Å². The molecule has 24 heavy (non-hydrogen) atoms. The number of sulfonamides is 1. The molecular weight excluding hydrogens is 443 g/mol. The second-order valence-corrected chi connectivity index (χ2v) is 8.57. The molecule has 1 aliphatic carbocycles. The number of morpholine rings is 1. The van der Waals surface area contributed by atoms with Crippen LogP contribution in [0.15, 0.2) is 4.99 Å². The second-order valence-electron chi connectivity index (χ2n) is 6.48. The molecule has 1 saturated heterocycles. The third kappa shape index (κ3) is 7.40. The van der Waals surface area contributed by atoms with E-state index in [-0.39, 0.29) is 41.9 Å². The normalized spacial score (nSPS) is 25.9. The Bertz CT molecular complexity index is 501. The van der Waals surface area contributed by atoms with Crippen molar-refractivity contribution in [3.8, 4) is 0 Å². The largest absolute Gasteiger partial charge is 0.373 e. The van der Waals surface area contributed by atoms with E-state index in [1.807, 2.05) is 20.8 Å². The van der Waals surface area contributed by atoms with E-state index in [0.29, 0.717) is 31.5 Å². The standard InChI is InChI=1S/C15H30N4O3S.HI/c1-4-16-15(18-9-14-5-6-14)17-7-8-23(20,21)19-10-12(2)22-13(3)11-19;/h12-14H,4-11H2,1-3H3,(H2,16,17,18);1H. The molecule has 0 radical (unpaired) electrons. The lowest BCUT2D eigenvalue weighted by Crippen LogP contribution is -2.50. The van der Waals surface area contributed by atoms with Crippen molar-refractivity contribution >= 4 is 40.0 Å². The fraction of sp³-hybridized carbons (Fsp3) is 0.933. The van der Waals surface area contributed by atoms with Gasteiger partial charge in [-0.2, -0.15) is 4.31 Å². The molecule has 2 fully saturated rings. The summed E-state index contributed by atoms with van der Waals surface area (Å²) in [4.78, 5) is 4.50. The SMILES string of the molecule is CCNC(=NCC1CC1)NCCS(=O)(=O)N1CC(C)OC(C)C1.I. The Hall–Kier alpha value is -0.130. The van der Waals surface area contributed by atoms with Crippen LogP contribution in [0.25, 0.3) is 0 Å². The lowest BCUT2D eigenvalue weighted by molar-refractivity contribution is -0.0440. The number of nitrogens with zero attached hydrogens (tertiary/aromatic N) is 2. The summed E-state index contributed by atoms with van der Waals surface area (Å²) in [5.41, 5.74) is 0. The van der Waals surface area contributed by atoms with Gasteiger partial charge >= 0.3 is 0 Å². The van der Waals surface area contributed by atoms with Gasteiger partial charge in [-0.25, -0.2) is 8.42 Å². The number of rotatable bonds is 7. The van der Waals surface area contributed by atoms with Crippen molar-refractivity contribution in [3.63, 3.8) is 0 Å². The lowest BCUT2D eigenvalue weighted by Gasteiger charge is -2.34. The molecule has 0 amide bonds. The Kier molecular flexibility index (Phi) is 9.24. The molecule has 0 spiro atoms. The molecule has 1 saturated carbocycles. The average Bonchev–Trinajstić information content (AvgIpc) is 3.27. The van der Waals surface area contributed by atoms with Crippen molar-refractivity contribution in [2.24, 2.45) is 10.9 Å². The molecule has 142 valence electrons. The minimum atomic E-state index is -3.27. The first kappa shape index (κ1) is 21.9. The number of hydrogen-bond donors (Lipinski definition) is 2. The number of nitrogens with one attached hydrogen (secondary N) is 2. The fourth-order valence-electron chi connectivity index (χ4n) is 2.65. The predicted octanol–water partition coefficient (Wildman–Crippen LogP) is 1.01. The molecule has 2 aliphatic rings. The molecular formula is C15H31IN4O3S. The highest BCUT2D eigenvalue weighted by molar-refractivity contribution is 14.0. The van der Waals surface area contributed by atoms with Crippen LogP contribution in [-0.2, 0) is 14.8 Å². The monoisotopic (exact) mass is 474 g/mol. The first-order chi connectivity index (χ1) is 10.9. The van der Waals surface area contributed by atoms with Crippen molar-refractivity contribution in [1.29, 1.82) is 0 Å². The van der Waals surface area contributed by atoms with Crippen molar-refractivity contribution in [1.82, 2.24) is 14.9 Å². The van der Waals surface area contributed by atoms with Crippen LogP contribution in [0.2, 0.25) is 0 Å². The van der Waals surface area contributed by atoms with Crippen molar-refractivity contribution in [3.05, 3.63) is 0 Å². The number of aliphatic imine (C=N–C) groups is 1. The molecule has 2 atom stereocenters. The highest BCUT2D eigenvalue weighted by Gasteiger charge is 2.30. The van der Waals surface area contributed by atoms with Gasteiger partial charge in [0.2, 0.25) is 10.0 Å². The third-order valence-electron chi connectivity index (χ3n) is 3.98. The smallest absolute Gasteiger partial charge is 0.216 e. The molecule has 2 unspecified atom stereocenters. The summed E-state index contributed by atoms with van der Waals surface area (Å²) >= 11 is 0. The summed E-state index contributed by atoms with van der Waals surface area (Å²) < 4.78 is 32.1. The molecule has 0 aromatic rings. The number of halogens is 1. The number of hydrogen-bond acceptors (Lipinski definition) is 4. The van der Waals surface area contributed by atoms with E-state index >= 15 is 0 Å². The van der Waals surface area contributed by atoms with Gasteiger partial charge in [-0.15, -0.1) is 24.0 Å². The highest BCUT2D eigenvalue weighted by Crippen LogP contribution is 2.28. The molecule has 1 heterocycles. The van der Waals surface area contributed by atoms with E-state index in [4.69, 9.17) is 4.74 Å². The first-order valence-corrected chi connectivity index (χ1v) is 10.2. The maximum Gasteiger partial charge on any atom is 0.216 e. The van der Waals surface area contributed by atoms with Crippen LogP contribution in [0.3, 0.4) is 0 Å². The topological polar surface area (TPSA) is 83.0 Å². The highest BCUT2D eigenvalue weighted by atomic mass is 127. The van der Waals surface area contributed by atoms with E-state index < -0.39 is 10.0 Å². The second kappa shape index (κ2) is 10.1. The zero-order valence-electron chi connectivity index (χ0n) is 14.8. The van der Waals surface area contributed by atoms with Gasteiger partial charge in [0.05, 0.1) is 18.0 Å². The maximum absolute atomic E-state index is 12.5. The van der Waals surface area contributed by atoms with Crippen LogP contribution in [0.4, 0.5) is 0 Å². The average molecular weight is 474 g/mol. The van der Waals surface area contributed by atoms with Gasteiger partial charge in [-0.3, -0.25) is 4.99 Å². The zero-order chi connectivity index (χ0) is 16.9. The Balaban J connectivity index is 0.00000288. The Morgan fingerprint density at radius 1 is 1.21 bits per heavy atom. The van der Waals surface area contributed by atoms with Gasteiger partial charge in [-0.1, -0.05) is 0 Å². The van der Waals surface area contributed by atoms with Crippen molar-refractivity contribution < 1.29 is 13.2 Å². The van der Waals surface area contributed by atoms with Gasteiger partial charge in [-0.05, 0) is 39.5 Å². The van der Waals surface area contributed by atoms with E-state index in [0.717, 1.165) is 13.1 Å². The number of guanidine groups is 1. The minimum Gasteiger partial charge on any atom is -0.373 e. The van der Waals surface area contributed by atoms with Gasteiger partial charge in [0.15, 0.2) is 5.96 Å². The Morgan fingerprint density at radius 3 is 2.38 bits per heavy atom. The third-order valence-corrected chi connectivity index (χ3v) is 5.79. The zero-order valence-corrected chi connectivity index (χ0v) is 18.0. The van der Waals surface area contributed by atoms with E-state index in [9.17, 15) is 8.42 Å². The maximum atomic E-state index is 12.5. The van der Waals surface area contributed by atoms with Gasteiger partial charge < -0.3 is 15.4 Å². The lowest BCUT2D eigenvalue weighted by atomic mass is 10.3. The summed E-state index contributed by atoms with van der Waals surface area (Å²) in [6.07, 6.45) is 2.40. The minimum absolute atomic E-state index is 0. The van der Waals surface area contributed by atoms with Gasteiger partial charge in [0, 0.05) is 32.7 Å². The van der Waals surface area contributed by atoms with Gasteiger partial charge in [0.1, 0.15) is 0 Å². The molecule has 1 aliphatic heterocycles. The Morgan fingerprint density at radius 2 is 1.83 bits per heavy atom. The quantitative estimate of drug-likeness (QED) is 0.327. The summed E-state index contributed by atoms with van der Waals surface area (Å²) in [7, 11) is -3.27. The molecule has 2 rings (SSSR count). The molecule has 2 N–H and O–H groups in total.